The first kappa shape index (κ1) is 13.6. The summed E-state index contributed by atoms with van der Waals surface area (Å²) in [5, 5.41) is 17.9. The largest absolute Gasteiger partial charge is 0.369 e. The van der Waals surface area contributed by atoms with Gasteiger partial charge in [0.2, 0.25) is 0 Å². The van der Waals surface area contributed by atoms with Crippen LogP contribution in [0.2, 0.25) is 0 Å². The number of halogens is 1. The molecule has 0 unspecified atom stereocenters. The minimum absolute atomic E-state index is 0.292. The molecule has 0 aliphatic rings. The monoisotopic (exact) mass is 265 g/mol. The molecule has 0 radical (unpaired) electrons. The van der Waals surface area contributed by atoms with Crippen LogP contribution in [-0.4, -0.2) is 7.05 Å². The minimum Gasteiger partial charge on any atom is -0.369 e. The first-order chi connectivity index (χ1) is 9.65. The van der Waals surface area contributed by atoms with Crippen molar-refractivity contribution in [1.29, 1.82) is 10.5 Å². The van der Waals surface area contributed by atoms with Crippen molar-refractivity contribution in [3.63, 3.8) is 0 Å². The Morgan fingerprint density at radius 1 is 1.10 bits per heavy atom. The van der Waals surface area contributed by atoms with Gasteiger partial charge in [0.05, 0.1) is 22.9 Å². The molecule has 4 heteroatoms. The van der Waals surface area contributed by atoms with Crippen LogP contribution in [0.4, 0.5) is 10.1 Å². The Hall–Kier alpha value is -2.85. The molecule has 3 nitrogen and oxygen atoms in total. The molecular formula is C16H12FN3. The van der Waals surface area contributed by atoms with E-state index in [1.165, 1.54) is 18.2 Å². The number of para-hydroxylation sites is 1. The van der Waals surface area contributed by atoms with Crippen molar-refractivity contribution in [2.45, 2.75) is 6.54 Å². The van der Waals surface area contributed by atoms with E-state index in [2.05, 4.69) is 6.07 Å². The molecule has 2 aromatic rings. The van der Waals surface area contributed by atoms with E-state index in [1.807, 2.05) is 18.2 Å². The first-order valence-electron chi connectivity index (χ1n) is 6.04. The van der Waals surface area contributed by atoms with E-state index < -0.39 is 0 Å². The number of nitriles is 2. The maximum atomic E-state index is 13.8. The molecule has 0 amide bonds. The number of anilines is 1. The summed E-state index contributed by atoms with van der Waals surface area (Å²) in [6.45, 7) is 0.292. The topological polar surface area (TPSA) is 50.8 Å². The fraction of sp³-hybridized carbons (Fsp3) is 0.125. The lowest BCUT2D eigenvalue weighted by atomic mass is 10.1. The average Bonchev–Trinajstić information content (AvgIpc) is 2.49. The average molecular weight is 265 g/mol. The summed E-state index contributed by atoms with van der Waals surface area (Å²) in [4.78, 5) is 1.79. The van der Waals surface area contributed by atoms with Crippen molar-refractivity contribution >= 4 is 5.69 Å². The molecular weight excluding hydrogens is 253 g/mol. The van der Waals surface area contributed by atoms with E-state index in [0.29, 0.717) is 23.2 Å². The fourth-order valence-electron chi connectivity index (χ4n) is 2.01. The second-order valence-electron chi connectivity index (χ2n) is 4.40. The molecule has 0 saturated carbocycles. The molecule has 0 atom stereocenters. The van der Waals surface area contributed by atoms with Crippen LogP contribution < -0.4 is 4.90 Å². The summed E-state index contributed by atoms with van der Waals surface area (Å²) in [5.41, 5.74) is 2.12. The highest BCUT2D eigenvalue weighted by Gasteiger charge is 2.10. The van der Waals surface area contributed by atoms with Crippen LogP contribution >= 0.6 is 0 Å². The normalized spacial score (nSPS) is 9.60. The molecule has 0 N–H and O–H groups in total. The van der Waals surface area contributed by atoms with Gasteiger partial charge in [-0.15, -0.1) is 0 Å². The molecule has 0 bridgehead atoms. The molecule has 0 heterocycles. The van der Waals surface area contributed by atoms with Gasteiger partial charge in [-0.25, -0.2) is 4.39 Å². The van der Waals surface area contributed by atoms with Gasteiger partial charge in [0.15, 0.2) is 0 Å². The number of benzene rings is 2. The number of nitrogens with zero attached hydrogens (tertiary/aromatic N) is 3. The Balaban J connectivity index is 2.31. The smallest absolute Gasteiger partial charge is 0.128 e. The van der Waals surface area contributed by atoms with Crippen LogP contribution in [0.15, 0.2) is 42.5 Å². The lowest BCUT2D eigenvalue weighted by molar-refractivity contribution is 0.607. The van der Waals surface area contributed by atoms with E-state index >= 15 is 0 Å². The van der Waals surface area contributed by atoms with Crippen LogP contribution in [-0.2, 0) is 6.54 Å². The molecule has 0 aliphatic heterocycles. The lowest BCUT2D eigenvalue weighted by Gasteiger charge is -2.20. The van der Waals surface area contributed by atoms with Crippen LogP contribution in [0.25, 0.3) is 0 Å². The van der Waals surface area contributed by atoms with Gasteiger partial charge in [0.25, 0.3) is 0 Å². The maximum Gasteiger partial charge on any atom is 0.128 e. The van der Waals surface area contributed by atoms with E-state index in [9.17, 15) is 4.39 Å². The summed E-state index contributed by atoms with van der Waals surface area (Å²) >= 11 is 0. The van der Waals surface area contributed by atoms with Crippen LogP contribution in [0, 0.1) is 28.5 Å². The third kappa shape index (κ3) is 2.76. The summed E-state index contributed by atoms with van der Waals surface area (Å²) in [7, 11) is 1.79. The van der Waals surface area contributed by atoms with Crippen molar-refractivity contribution in [2.75, 3.05) is 11.9 Å². The van der Waals surface area contributed by atoms with Gasteiger partial charge in [0.1, 0.15) is 11.9 Å². The predicted octanol–water partition coefficient (Wildman–Crippen LogP) is 3.21. The first-order valence-corrected chi connectivity index (χ1v) is 6.04. The molecule has 20 heavy (non-hydrogen) atoms. The second kappa shape index (κ2) is 5.86. The van der Waals surface area contributed by atoms with Crippen molar-refractivity contribution < 1.29 is 4.39 Å². The third-order valence-electron chi connectivity index (χ3n) is 3.02. The Kier molecular flexibility index (Phi) is 3.98. The number of hydrogen-bond acceptors (Lipinski definition) is 3. The van der Waals surface area contributed by atoms with Gasteiger partial charge >= 0.3 is 0 Å². The molecule has 0 aromatic heterocycles. The maximum absolute atomic E-state index is 13.8. The molecule has 0 aliphatic carbocycles. The van der Waals surface area contributed by atoms with Crippen LogP contribution in [0.3, 0.4) is 0 Å². The highest BCUT2D eigenvalue weighted by molar-refractivity contribution is 5.59. The Bertz CT molecular complexity index is 710. The van der Waals surface area contributed by atoms with E-state index in [4.69, 9.17) is 10.5 Å². The molecule has 0 spiro atoms. The zero-order valence-corrected chi connectivity index (χ0v) is 11.0. The van der Waals surface area contributed by atoms with Gasteiger partial charge in [-0.1, -0.05) is 12.1 Å². The van der Waals surface area contributed by atoms with E-state index in [-0.39, 0.29) is 5.82 Å². The quantitative estimate of drug-likeness (QED) is 0.856. The number of rotatable bonds is 3. The third-order valence-corrected chi connectivity index (χ3v) is 3.02. The minimum atomic E-state index is -0.356. The molecule has 2 rings (SSSR count). The van der Waals surface area contributed by atoms with Crippen molar-refractivity contribution in [2.24, 2.45) is 0 Å². The Morgan fingerprint density at radius 3 is 2.55 bits per heavy atom. The standard InChI is InChI=1S/C16H12FN3/c1-20(16-5-3-2-4-13(16)10-19)11-14-8-12(9-18)6-7-15(14)17/h2-8H,11H2,1H3. The molecule has 0 saturated heterocycles. The van der Waals surface area contributed by atoms with Gasteiger partial charge < -0.3 is 4.90 Å². The van der Waals surface area contributed by atoms with Gasteiger partial charge in [0, 0.05) is 19.2 Å². The zero-order valence-electron chi connectivity index (χ0n) is 11.0. The van der Waals surface area contributed by atoms with Crippen molar-refractivity contribution in [3.8, 4) is 12.1 Å². The lowest BCUT2D eigenvalue weighted by Crippen LogP contribution is -2.18. The fourth-order valence-corrected chi connectivity index (χ4v) is 2.01. The Morgan fingerprint density at radius 2 is 1.85 bits per heavy atom. The molecule has 0 fully saturated rings. The van der Waals surface area contributed by atoms with Gasteiger partial charge in [-0.2, -0.15) is 10.5 Å². The van der Waals surface area contributed by atoms with Crippen molar-refractivity contribution in [1.82, 2.24) is 0 Å². The van der Waals surface area contributed by atoms with Crippen LogP contribution in [0.1, 0.15) is 16.7 Å². The van der Waals surface area contributed by atoms with Crippen molar-refractivity contribution in [3.05, 3.63) is 65.0 Å². The summed E-state index contributed by atoms with van der Waals surface area (Å²) < 4.78 is 13.8. The second-order valence-corrected chi connectivity index (χ2v) is 4.40. The SMILES string of the molecule is CN(Cc1cc(C#N)ccc1F)c1ccccc1C#N. The highest BCUT2D eigenvalue weighted by atomic mass is 19.1. The zero-order chi connectivity index (χ0) is 14.5. The summed E-state index contributed by atoms with van der Waals surface area (Å²) in [6.07, 6.45) is 0. The van der Waals surface area contributed by atoms with Crippen LogP contribution in [0.5, 0.6) is 0 Å². The van der Waals surface area contributed by atoms with E-state index in [1.54, 1.807) is 24.1 Å². The summed E-state index contributed by atoms with van der Waals surface area (Å²) in [5.74, 6) is -0.356. The van der Waals surface area contributed by atoms with E-state index in [0.717, 1.165) is 5.69 Å². The van der Waals surface area contributed by atoms with Gasteiger partial charge in [-0.3, -0.25) is 0 Å². The highest BCUT2D eigenvalue weighted by Crippen LogP contribution is 2.21. The summed E-state index contributed by atoms with van der Waals surface area (Å²) in [6, 6.07) is 15.5. The number of hydrogen-bond donors (Lipinski definition) is 0. The Labute approximate surface area is 117 Å². The predicted molar refractivity (Wildman–Crippen MR) is 74.4 cm³/mol. The van der Waals surface area contributed by atoms with Gasteiger partial charge in [-0.05, 0) is 30.3 Å². The molecule has 98 valence electrons. The molecule has 2 aromatic carbocycles.